The lowest BCUT2D eigenvalue weighted by atomic mass is 10.4. The first-order chi connectivity index (χ1) is 5.61. The van der Waals surface area contributed by atoms with E-state index in [1.807, 2.05) is 0 Å². The molecule has 0 heterocycles. The summed E-state index contributed by atoms with van der Waals surface area (Å²) < 4.78 is 0. The zero-order valence-corrected chi connectivity index (χ0v) is 10.3. The van der Waals surface area contributed by atoms with E-state index in [2.05, 4.69) is 49.9 Å². The highest BCUT2D eigenvalue weighted by Crippen LogP contribution is 2.06. The molecule has 0 aliphatic heterocycles. The Morgan fingerprint density at radius 1 is 1.00 bits per heavy atom. The molecular formula is C10H17SSi+. The molecule has 0 saturated heterocycles. The van der Waals surface area contributed by atoms with Gasteiger partial charge in [0, 0.05) is 10.9 Å². The highest BCUT2D eigenvalue weighted by molar-refractivity contribution is 7.95. The Bertz CT molecular complexity index is 212. The van der Waals surface area contributed by atoms with E-state index in [9.17, 15) is 0 Å². The van der Waals surface area contributed by atoms with Crippen molar-refractivity contribution in [2.45, 2.75) is 18.0 Å². The molecule has 2 heteroatoms. The maximum atomic E-state index is 2.37. The van der Waals surface area contributed by atoms with Crippen molar-refractivity contribution in [3.63, 3.8) is 0 Å². The molecule has 0 unspecified atom stereocenters. The smallest absolute Gasteiger partial charge is 0.0682 e. The summed E-state index contributed by atoms with van der Waals surface area (Å²) in [4.78, 5) is 1.48. The first-order valence-electron chi connectivity index (χ1n) is 4.29. The molecule has 0 N–H and O–H groups in total. The van der Waals surface area contributed by atoms with Gasteiger partial charge >= 0.3 is 0 Å². The molecule has 1 aromatic rings. The average Bonchev–Trinajstić information content (AvgIpc) is 2.04. The van der Waals surface area contributed by atoms with Crippen LogP contribution >= 0.6 is 0 Å². The molecule has 0 nitrogen and oxygen atoms in total. The summed E-state index contributed by atoms with van der Waals surface area (Å²) in [5.41, 5.74) is 0. The molecule has 0 aliphatic rings. The van der Waals surface area contributed by atoms with Crippen LogP contribution in [0.1, 0.15) is 0 Å². The minimum Gasteiger partial charge on any atom is -0.0682 e. The molecule has 0 aliphatic carbocycles. The second-order valence-electron chi connectivity index (χ2n) is 3.54. The van der Waals surface area contributed by atoms with Crippen LogP contribution in [-0.2, 0) is 10.9 Å². The minimum atomic E-state index is -0.578. The van der Waals surface area contributed by atoms with Gasteiger partial charge in [-0.3, -0.25) is 0 Å². The minimum absolute atomic E-state index is 0.415. The van der Waals surface area contributed by atoms with Gasteiger partial charge in [-0.25, -0.2) is 0 Å². The molecule has 0 fully saturated rings. The van der Waals surface area contributed by atoms with Gasteiger partial charge in [0.2, 0.25) is 0 Å². The average molecular weight is 197 g/mol. The number of hydrogen-bond donors (Lipinski definition) is 0. The summed E-state index contributed by atoms with van der Waals surface area (Å²) in [5, 5.41) is 1.57. The molecule has 0 spiro atoms. The summed E-state index contributed by atoms with van der Waals surface area (Å²) in [6.07, 6.45) is 4.53. The van der Waals surface area contributed by atoms with Crippen LogP contribution in [0.5, 0.6) is 0 Å². The molecule has 0 amide bonds. The fraction of sp³-hybridized carbons (Fsp3) is 0.400. The monoisotopic (exact) mass is 197 g/mol. The SMILES string of the molecule is C[SiH](C)c1ccc([S+](C)C)cc1. The molecule has 0 radical (unpaired) electrons. The molecule has 66 valence electrons. The molecule has 0 bridgehead atoms. The molecule has 0 saturated carbocycles. The first kappa shape index (κ1) is 9.87. The van der Waals surface area contributed by atoms with Gasteiger partial charge in [-0.1, -0.05) is 30.4 Å². The van der Waals surface area contributed by atoms with Gasteiger partial charge in [0.05, 0.1) is 8.80 Å². The van der Waals surface area contributed by atoms with Gasteiger partial charge in [-0.05, 0) is 12.1 Å². The highest BCUT2D eigenvalue weighted by atomic mass is 32.2. The maximum absolute atomic E-state index is 2.37. The topological polar surface area (TPSA) is 0 Å². The van der Waals surface area contributed by atoms with Crippen molar-refractivity contribution in [1.82, 2.24) is 0 Å². The molecule has 12 heavy (non-hydrogen) atoms. The van der Waals surface area contributed by atoms with E-state index in [1.165, 1.54) is 4.90 Å². The van der Waals surface area contributed by atoms with Crippen LogP contribution in [0, 0.1) is 0 Å². The van der Waals surface area contributed by atoms with E-state index in [-0.39, 0.29) is 0 Å². The Balaban J connectivity index is 2.86. The van der Waals surface area contributed by atoms with E-state index in [1.54, 1.807) is 5.19 Å². The highest BCUT2D eigenvalue weighted by Gasteiger charge is 2.07. The molecule has 0 aromatic heterocycles. The summed E-state index contributed by atoms with van der Waals surface area (Å²) in [7, 11) is -0.163. The Labute approximate surface area is 80.0 Å². The van der Waals surface area contributed by atoms with Gasteiger partial charge in [0.25, 0.3) is 0 Å². The van der Waals surface area contributed by atoms with Crippen molar-refractivity contribution in [3.8, 4) is 0 Å². The summed E-state index contributed by atoms with van der Waals surface area (Å²) in [5.74, 6) is 0. The zero-order chi connectivity index (χ0) is 9.14. The van der Waals surface area contributed by atoms with Crippen molar-refractivity contribution >= 4 is 24.9 Å². The first-order valence-corrected chi connectivity index (χ1v) is 9.21. The lowest BCUT2D eigenvalue weighted by Gasteiger charge is -2.03. The second kappa shape index (κ2) is 4.15. The maximum Gasteiger partial charge on any atom is 0.154 e. The zero-order valence-electron chi connectivity index (χ0n) is 8.29. The standard InChI is InChI=1S/C10H17SSi/c1-11(2)9-5-7-10(8-6-9)12(3)4/h5-8,12H,1-4H3/q+1. The number of rotatable bonds is 2. The van der Waals surface area contributed by atoms with Gasteiger partial charge in [-0.15, -0.1) is 0 Å². The van der Waals surface area contributed by atoms with E-state index in [0.717, 1.165) is 0 Å². The van der Waals surface area contributed by atoms with E-state index in [0.29, 0.717) is 10.9 Å². The van der Waals surface area contributed by atoms with Crippen LogP contribution in [-0.4, -0.2) is 21.3 Å². The Hall–Kier alpha value is -0.213. The number of benzene rings is 1. The van der Waals surface area contributed by atoms with Crippen LogP contribution < -0.4 is 5.19 Å². The van der Waals surface area contributed by atoms with Crippen LogP contribution in [0.3, 0.4) is 0 Å². The van der Waals surface area contributed by atoms with E-state index < -0.39 is 8.80 Å². The Morgan fingerprint density at radius 2 is 1.50 bits per heavy atom. The van der Waals surface area contributed by atoms with Gasteiger partial charge < -0.3 is 0 Å². The quantitative estimate of drug-likeness (QED) is 0.499. The predicted octanol–water partition coefficient (Wildman–Crippen LogP) is 1.62. The van der Waals surface area contributed by atoms with Crippen molar-refractivity contribution in [2.24, 2.45) is 0 Å². The third-order valence-electron chi connectivity index (χ3n) is 2.02. The summed E-state index contributed by atoms with van der Waals surface area (Å²) in [6, 6.07) is 9.18. The van der Waals surface area contributed by atoms with Gasteiger partial charge in [-0.2, -0.15) is 0 Å². The fourth-order valence-corrected chi connectivity index (χ4v) is 2.77. The van der Waals surface area contributed by atoms with Crippen molar-refractivity contribution in [1.29, 1.82) is 0 Å². The lowest BCUT2D eigenvalue weighted by molar-refractivity contribution is 1.47. The molecule has 1 aromatic carbocycles. The Morgan fingerprint density at radius 3 is 1.83 bits per heavy atom. The largest absolute Gasteiger partial charge is 0.154 e. The third kappa shape index (κ3) is 2.39. The fourth-order valence-electron chi connectivity index (χ4n) is 1.12. The van der Waals surface area contributed by atoms with Gasteiger partial charge in [0.1, 0.15) is 12.5 Å². The molecule has 1 rings (SSSR count). The molecular weight excluding hydrogens is 180 g/mol. The van der Waals surface area contributed by atoms with Crippen LogP contribution in [0.2, 0.25) is 13.1 Å². The van der Waals surface area contributed by atoms with Crippen LogP contribution in [0.4, 0.5) is 0 Å². The van der Waals surface area contributed by atoms with Crippen LogP contribution in [0.25, 0.3) is 0 Å². The normalized spacial score (nSPS) is 11.2. The van der Waals surface area contributed by atoms with E-state index in [4.69, 9.17) is 0 Å². The second-order valence-corrected chi connectivity index (χ2v) is 8.62. The predicted molar refractivity (Wildman–Crippen MR) is 62.4 cm³/mol. The van der Waals surface area contributed by atoms with Crippen LogP contribution in [0.15, 0.2) is 29.2 Å². The lowest BCUT2D eigenvalue weighted by Crippen LogP contribution is -2.22. The molecule has 0 atom stereocenters. The summed E-state index contributed by atoms with van der Waals surface area (Å²) in [6.45, 7) is 4.74. The van der Waals surface area contributed by atoms with E-state index >= 15 is 0 Å². The van der Waals surface area contributed by atoms with Crippen molar-refractivity contribution < 1.29 is 0 Å². The summed E-state index contributed by atoms with van der Waals surface area (Å²) >= 11 is 0. The number of hydrogen-bond acceptors (Lipinski definition) is 0. The Kier molecular flexibility index (Phi) is 3.41. The van der Waals surface area contributed by atoms with Crippen molar-refractivity contribution in [3.05, 3.63) is 24.3 Å². The van der Waals surface area contributed by atoms with Gasteiger partial charge in [0.15, 0.2) is 4.90 Å². The third-order valence-corrected chi connectivity index (χ3v) is 4.95. The van der Waals surface area contributed by atoms with Crippen molar-refractivity contribution in [2.75, 3.05) is 12.5 Å².